The molecule has 0 aliphatic carbocycles. The van der Waals surface area contributed by atoms with Crippen molar-refractivity contribution in [3.8, 4) is 0 Å². The van der Waals surface area contributed by atoms with Gasteiger partial charge in [-0.3, -0.25) is 0 Å². The lowest BCUT2D eigenvalue weighted by Gasteiger charge is -2.31. The summed E-state index contributed by atoms with van der Waals surface area (Å²) in [4.78, 5) is 0. The second kappa shape index (κ2) is 13.9. The van der Waals surface area contributed by atoms with Crippen molar-refractivity contribution in [2.24, 2.45) is 0 Å². The van der Waals surface area contributed by atoms with E-state index >= 15 is 0 Å². The summed E-state index contributed by atoms with van der Waals surface area (Å²) >= 11 is 0. The first-order chi connectivity index (χ1) is 16.7. The maximum Gasteiger partial charge on any atom is 0.163 e. The van der Waals surface area contributed by atoms with Crippen LogP contribution in [0.15, 0.2) is 12.2 Å². The Bertz CT molecular complexity index is 633. The summed E-state index contributed by atoms with van der Waals surface area (Å²) < 4.78 is 30.7. The molecule has 0 radical (unpaired) electrons. The Labute approximate surface area is 214 Å². The molecule has 6 nitrogen and oxygen atoms in total. The Kier molecular flexibility index (Phi) is 11.5. The van der Waals surface area contributed by atoms with Crippen molar-refractivity contribution in [1.82, 2.24) is 0 Å². The summed E-state index contributed by atoms with van der Waals surface area (Å²) in [6, 6.07) is 0. The van der Waals surface area contributed by atoms with Gasteiger partial charge < -0.3 is 28.8 Å². The molecule has 1 N–H and O–H groups in total. The van der Waals surface area contributed by atoms with Gasteiger partial charge in [0.25, 0.3) is 0 Å². The predicted octanol–water partition coefficient (Wildman–Crippen LogP) is 6.43. The first-order valence-corrected chi connectivity index (χ1v) is 14.3. The molecular formula is C29H52O6. The standard InChI is InChI=1S/C29H52O6/c1-6-7-8-9-10-11-12-13-15-26-27(35-29(4,5)34-26)18-17-22(30)23-19-20-24(32-23)25-16-14-21-31-28(2,3)33-25/h11-12,22-27,30H,6-10,13-21H2,1-5H3/b12-11-/t22-,23+,24+,25+,26+,27+/m0/s1. The van der Waals surface area contributed by atoms with E-state index in [0.29, 0.717) is 6.42 Å². The van der Waals surface area contributed by atoms with Gasteiger partial charge in [0.1, 0.15) is 0 Å². The summed E-state index contributed by atoms with van der Waals surface area (Å²) in [5, 5.41) is 10.9. The van der Waals surface area contributed by atoms with Crippen LogP contribution in [-0.2, 0) is 23.7 Å². The minimum absolute atomic E-state index is 0.0120. The van der Waals surface area contributed by atoms with E-state index in [1.165, 1.54) is 32.1 Å². The van der Waals surface area contributed by atoms with Crippen LogP contribution in [0.25, 0.3) is 0 Å². The molecule has 35 heavy (non-hydrogen) atoms. The zero-order chi connectivity index (χ0) is 25.3. The number of rotatable bonds is 13. The maximum atomic E-state index is 10.9. The highest BCUT2D eigenvalue weighted by atomic mass is 16.8. The third-order valence-corrected chi connectivity index (χ3v) is 7.49. The zero-order valence-electron chi connectivity index (χ0n) is 23.0. The normalized spacial score (nSPS) is 33.8. The highest BCUT2D eigenvalue weighted by Crippen LogP contribution is 2.36. The van der Waals surface area contributed by atoms with E-state index in [4.69, 9.17) is 23.7 Å². The quantitative estimate of drug-likeness (QED) is 0.234. The highest BCUT2D eigenvalue weighted by molar-refractivity contribution is 4.89. The van der Waals surface area contributed by atoms with Gasteiger partial charge in [0, 0.05) is 0 Å². The van der Waals surface area contributed by atoms with Crippen LogP contribution in [0.1, 0.15) is 118 Å². The van der Waals surface area contributed by atoms with Gasteiger partial charge in [-0.05, 0) is 91.9 Å². The van der Waals surface area contributed by atoms with Crippen LogP contribution in [0, 0.1) is 0 Å². The summed E-state index contributed by atoms with van der Waals surface area (Å²) in [5.74, 6) is -1.14. The summed E-state index contributed by atoms with van der Waals surface area (Å²) in [5.41, 5.74) is 0. The van der Waals surface area contributed by atoms with Gasteiger partial charge in [0.15, 0.2) is 11.6 Å². The van der Waals surface area contributed by atoms with Gasteiger partial charge in [0.2, 0.25) is 0 Å². The summed E-state index contributed by atoms with van der Waals surface area (Å²) in [6.07, 6.45) is 17.6. The molecule has 0 unspecified atom stereocenters. The topological polar surface area (TPSA) is 66.4 Å². The Balaban J connectivity index is 1.40. The molecule has 3 fully saturated rings. The minimum atomic E-state index is -0.576. The molecule has 0 aromatic rings. The number of hydrogen-bond acceptors (Lipinski definition) is 6. The number of unbranched alkanes of at least 4 members (excludes halogenated alkanes) is 4. The van der Waals surface area contributed by atoms with Crippen LogP contribution in [0.4, 0.5) is 0 Å². The largest absolute Gasteiger partial charge is 0.390 e. The molecule has 0 bridgehead atoms. The number of ether oxygens (including phenoxy) is 5. The van der Waals surface area contributed by atoms with E-state index in [1.807, 2.05) is 27.7 Å². The highest BCUT2D eigenvalue weighted by Gasteiger charge is 2.42. The lowest BCUT2D eigenvalue weighted by molar-refractivity contribution is -0.241. The Morgan fingerprint density at radius 3 is 2.34 bits per heavy atom. The fourth-order valence-electron chi connectivity index (χ4n) is 5.67. The second-order valence-electron chi connectivity index (χ2n) is 11.6. The molecule has 3 heterocycles. The van der Waals surface area contributed by atoms with Crippen molar-refractivity contribution in [2.45, 2.75) is 166 Å². The van der Waals surface area contributed by atoms with E-state index in [2.05, 4.69) is 19.1 Å². The van der Waals surface area contributed by atoms with Crippen LogP contribution in [0.3, 0.4) is 0 Å². The number of aliphatic hydroxyl groups excluding tert-OH is 1. The Hall–Kier alpha value is -0.500. The predicted molar refractivity (Wildman–Crippen MR) is 138 cm³/mol. The van der Waals surface area contributed by atoms with Crippen LogP contribution < -0.4 is 0 Å². The van der Waals surface area contributed by atoms with E-state index in [-0.39, 0.29) is 30.5 Å². The van der Waals surface area contributed by atoms with Crippen molar-refractivity contribution in [2.75, 3.05) is 6.61 Å². The number of allylic oxidation sites excluding steroid dienone is 2. The smallest absolute Gasteiger partial charge is 0.163 e. The molecule has 0 aromatic heterocycles. The third-order valence-electron chi connectivity index (χ3n) is 7.49. The van der Waals surface area contributed by atoms with Crippen LogP contribution in [0.2, 0.25) is 0 Å². The Morgan fingerprint density at radius 2 is 1.57 bits per heavy atom. The van der Waals surface area contributed by atoms with E-state index in [1.54, 1.807) is 0 Å². The first kappa shape index (κ1) is 29.1. The van der Waals surface area contributed by atoms with E-state index < -0.39 is 17.7 Å². The summed E-state index contributed by atoms with van der Waals surface area (Å²) in [6.45, 7) is 10.9. The molecule has 6 atom stereocenters. The van der Waals surface area contributed by atoms with Gasteiger partial charge in [0.05, 0.1) is 43.2 Å². The van der Waals surface area contributed by atoms with Crippen molar-refractivity contribution in [3.63, 3.8) is 0 Å². The first-order valence-electron chi connectivity index (χ1n) is 14.3. The third kappa shape index (κ3) is 9.71. The minimum Gasteiger partial charge on any atom is -0.390 e. The average molecular weight is 497 g/mol. The zero-order valence-corrected chi connectivity index (χ0v) is 23.0. The van der Waals surface area contributed by atoms with Crippen molar-refractivity contribution < 1.29 is 28.8 Å². The average Bonchev–Trinajstić information content (AvgIpc) is 3.35. The lowest BCUT2D eigenvalue weighted by Crippen LogP contribution is -2.38. The van der Waals surface area contributed by atoms with Gasteiger partial charge >= 0.3 is 0 Å². The van der Waals surface area contributed by atoms with Crippen LogP contribution in [0.5, 0.6) is 0 Å². The SMILES string of the molecule is CCCCCC/C=C\CC[C@H]1OC(C)(C)O[C@@H]1CC[C@H](O)[C@H]1CC[C@H]([C@H]2CCCOC(C)(C)O2)O1. The van der Waals surface area contributed by atoms with Crippen molar-refractivity contribution in [1.29, 1.82) is 0 Å². The van der Waals surface area contributed by atoms with Crippen LogP contribution >= 0.6 is 0 Å². The monoisotopic (exact) mass is 496 g/mol. The summed E-state index contributed by atoms with van der Waals surface area (Å²) in [7, 11) is 0. The molecule has 0 saturated carbocycles. The van der Waals surface area contributed by atoms with Gasteiger partial charge in [-0.2, -0.15) is 0 Å². The number of hydrogen-bond donors (Lipinski definition) is 1. The molecule has 0 spiro atoms. The van der Waals surface area contributed by atoms with Gasteiger partial charge in [-0.1, -0.05) is 38.3 Å². The van der Waals surface area contributed by atoms with Gasteiger partial charge in [-0.15, -0.1) is 0 Å². The molecule has 3 aliphatic rings. The molecular weight excluding hydrogens is 444 g/mol. The molecule has 0 amide bonds. The number of aliphatic hydroxyl groups is 1. The van der Waals surface area contributed by atoms with E-state index in [9.17, 15) is 5.11 Å². The van der Waals surface area contributed by atoms with E-state index in [0.717, 1.165) is 51.6 Å². The fraction of sp³-hybridized carbons (Fsp3) is 0.931. The molecule has 3 rings (SSSR count). The molecule has 6 heteroatoms. The molecule has 204 valence electrons. The molecule has 3 saturated heterocycles. The molecule has 0 aromatic carbocycles. The maximum absolute atomic E-state index is 10.9. The second-order valence-corrected chi connectivity index (χ2v) is 11.6. The fourth-order valence-corrected chi connectivity index (χ4v) is 5.67. The van der Waals surface area contributed by atoms with Crippen molar-refractivity contribution in [3.05, 3.63) is 12.2 Å². The van der Waals surface area contributed by atoms with Gasteiger partial charge in [-0.25, -0.2) is 0 Å². The molecule has 3 aliphatic heterocycles. The Morgan fingerprint density at radius 1 is 0.829 bits per heavy atom. The van der Waals surface area contributed by atoms with Crippen molar-refractivity contribution >= 4 is 0 Å². The van der Waals surface area contributed by atoms with Crippen LogP contribution in [-0.4, -0.2) is 59.9 Å². The lowest BCUT2D eigenvalue weighted by atomic mass is 9.98.